The lowest BCUT2D eigenvalue weighted by Gasteiger charge is -2.47. The second-order valence-electron chi connectivity index (χ2n) is 15.9. The molecule has 8 rings (SSSR count). The number of nitrogens with zero attached hydrogens (tertiary/aromatic N) is 2. The summed E-state index contributed by atoms with van der Waals surface area (Å²) in [5.74, 6) is 1.14. The van der Waals surface area contributed by atoms with Crippen LogP contribution in [0.5, 0.6) is 0 Å². The van der Waals surface area contributed by atoms with Crippen LogP contribution in [0.4, 0.5) is 0 Å². The van der Waals surface area contributed by atoms with E-state index < -0.39 is 0 Å². The van der Waals surface area contributed by atoms with E-state index in [1.54, 1.807) is 0 Å². The van der Waals surface area contributed by atoms with Crippen LogP contribution in [0.25, 0.3) is 11.0 Å². The second-order valence-corrected chi connectivity index (χ2v) is 15.9. The number of imidazole rings is 1. The van der Waals surface area contributed by atoms with Crippen molar-refractivity contribution in [1.29, 1.82) is 0 Å². The topological polar surface area (TPSA) is 27.3 Å². The fourth-order valence-corrected chi connectivity index (χ4v) is 11.9. The number of aromatic nitrogens is 2. The molecule has 2 aromatic rings. The smallest absolute Gasteiger partial charge is 0.245 e. The molecule has 3 heterocycles. The highest BCUT2D eigenvalue weighted by Gasteiger charge is 2.79. The Labute approximate surface area is 234 Å². The van der Waals surface area contributed by atoms with E-state index in [1.165, 1.54) is 47.9 Å². The molecule has 6 aliphatic rings. The molecule has 2 spiro atoms. The summed E-state index contributed by atoms with van der Waals surface area (Å²) in [5, 5.41) is 0. The van der Waals surface area contributed by atoms with Crippen LogP contribution in [0.1, 0.15) is 92.2 Å². The van der Waals surface area contributed by atoms with Crippen molar-refractivity contribution in [1.82, 2.24) is 4.57 Å². The summed E-state index contributed by atoms with van der Waals surface area (Å²) in [7, 11) is 0. The normalized spacial score (nSPS) is 47.1. The zero-order valence-corrected chi connectivity index (χ0v) is 25.0. The Kier molecular flexibility index (Phi) is 4.53. The molecule has 4 heteroatoms. The molecule has 4 aliphatic carbocycles. The van der Waals surface area contributed by atoms with Crippen molar-refractivity contribution in [2.45, 2.75) is 103 Å². The molecule has 4 saturated carbocycles. The van der Waals surface area contributed by atoms with Gasteiger partial charge in [-0.3, -0.25) is 0 Å². The number of fused-ring (bicyclic) bond motifs is 7. The zero-order chi connectivity index (χ0) is 27.4. The molecule has 0 radical (unpaired) electrons. The summed E-state index contributed by atoms with van der Waals surface area (Å²) in [6.45, 7) is 25.4. The minimum atomic E-state index is -0.202. The van der Waals surface area contributed by atoms with Crippen LogP contribution in [0.15, 0.2) is 54.9 Å². The van der Waals surface area contributed by atoms with E-state index >= 15 is 0 Å². The van der Waals surface area contributed by atoms with Gasteiger partial charge in [-0.1, -0.05) is 66.8 Å². The average molecular weight is 528 g/mol. The van der Waals surface area contributed by atoms with Gasteiger partial charge in [0.1, 0.15) is 23.3 Å². The maximum Gasteiger partial charge on any atom is 0.245 e. The molecule has 4 bridgehead atoms. The third-order valence-electron chi connectivity index (χ3n) is 14.6. The van der Waals surface area contributed by atoms with Gasteiger partial charge >= 0.3 is 0 Å². The monoisotopic (exact) mass is 527 g/mol. The molecule has 4 nitrogen and oxygen atoms in total. The number of hydrogen-bond acceptors (Lipinski definition) is 2. The molecule has 1 aromatic heterocycles. The van der Waals surface area contributed by atoms with E-state index in [1.807, 2.05) is 0 Å². The molecule has 208 valence electrons. The summed E-state index contributed by atoms with van der Waals surface area (Å²) in [4.78, 5) is 0. The molecule has 0 unspecified atom stereocenters. The van der Waals surface area contributed by atoms with Gasteiger partial charge < -0.3 is 9.47 Å². The quantitative estimate of drug-likeness (QED) is 0.302. The summed E-state index contributed by atoms with van der Waals surface area (Å²) in [6.07, 6.45) is 9.48. The van der Waals surface area contributed by atoms with Crippen LogP contribution < -0.4 is 4.57 Å². The predicted octanol–water partition coefficient (Wildman–Crippen LogP) is 7.35. The molecule has 6 fully saturated rings. The lowest BCUT2D eigenvalue weighted by Crippen LogP contribution is -2.59. The standard InChI is InChI=1S/C35H47N2O2/c1-22-17-34(38-19-22)28(24-13-15-32(34,7)30(24,3)4)36-21-37(27-12-10-9-11-26(27)36)29-25-14-16-33(8,31(25,5)6)35(29)18-23(2)20-39-35/h9-12,21,24-25,28-29H,1-2,13-20H2,3-8H3/q+1/t24-,25-,28-,29-,32-,33-,34-,35-/m0/s1. The van der Waals surface area contributed by atoms with E-state index in [-0.39, 0.29) is 32.9 Å². The summed E-state index contributed by atoms with van der Waals surface area (Å²) < 4.78 is 19.3. The molecule has 0 N–H and O–H groups in total. The van der Waals surface area contributed by atoms with Crippen LogP contribution in [0.2, 0.25) is 0 Å². The van der Waals surface area contributed by atoms with Crippen molar-refractivity contribution in [3.05, 3.63) is 54.9 Å². The van der Waals surface area contributed by atoms with Crippen LogP contribution in [0, 0.1) is 33.5 Å². The van der Waals surface area contributed by atoms with Gasteiger partial charge in [-0.15, -0.1) is 0 Å². The Morgan fingerprint density at radius 1 is 0.795 bits per heavy atom. The van der Waals surface area contributed by atoms with E-state index in [4.69, 9.17) is 9.47 Å². The first-order chi connectivity index (χ1) is 18.3. The Bertz CT molecular complexity index is 1340. The SMILES string of the molecule is C=C1CO[C@@]2(C1)[C@@H](n1c[n+]([C@H]3[C@@H]4CC[C@@](C)(C4(C)C)[C@]34CC(=C)CO4)c3ccccc31)[C@@H]1CC[C@@]2(C)C1(C)C. The maximum atomic E-state index is 6.98. The first kappa shape index (κ1) is 24.9. The fourth-order valence-electron chi connectivity index (χ4n) is 11.9. The summed E-state index contributed by atoms with van der Waals surface area (Å²) >= 11 is 0. The van der Waals surface area contributed by atoms with Gasteiger partial charge in [0, 0.05) is 35.5 Å². The first-order valence-electron chi connectivity index (χ1n) is 15.5. The molecular weight excluding hydrogens is 480 g/mol. The van der Waals surface area contributed by atoms with Crippen LogP contribution in [-0.4, -0.2) is 29.0 Å². The molecule has 2 aliphatic heterocycles. The Balaban J connectivity index is 1.36. The van der Waals surface area contributed by atoms with E-state index in [9.17, 15) is 0 Å². The Morgan fingerprint density at radius 3 is 2.00 bits per heavy atom. The largest absolute Gasteiger partial charge is 0.365 e. The predicted molar refractivity (Wildman–Crippen MR) is 154 cm³/mol. The zero-order valence-electron chi connectivity index (χ0n) is 25.0. The Hall–Kier alpha value is -1.91. The molecular formula is C35H47N2O2+. The molecule has 0 amide bonds. The minimum absolute atomic E-state index is 0.125. The summed E-state index contributed by atoms with van der Waals surface area (Å²) in [6, 6.07) is 9.75. The van der Waals surface area contributed by atoms with Gasteiger partial charge in [0.05, 0.1) is 13.2 Å². The van der Waals surface area contributed by atoms with Crippen LogP contribution >= 0.6 is 0 Å². The second kappa shape index (κ2) is 7.10. The van der Waals surface area contributed by atoms with Gasteiger partial charge in [-0.25, -0.2) is 9.13 Å². The number of hydrogen-bond donors (Lipinski definition) is 0. The molecule has 1 aromatic carbocycles. The molecule has 39 heavy (non-hydrogen) atoms. The lowest BCUT2D eigenvalue weighted by atomic mass is 9.63. The van der Waals surface area contributed by atoms with Crippen molar-refractivity contribution in [3.8, 4) is 0 Å². The number of ether oxygens (including phenoxy) is 2. The number of para-hydroxylation sites is 2. The highest BCUT2D eigenvalue weighted by Crippen LogP contribution is 2.78. The van der Waals surface area contributed by atoms with Crippen molar-refractivity contribution < 1.29 is 14.0 Å². The number of benzene rings is 1. The van der Waals surface area contributed by atoms with Crippen LogP contribution in [0.3, 0.4) is 0 Å². The highest BCUT2D eigenvalue weighted by molar-refractivity contribution is 5.72. The first-order valence-corrected chi connectivity index (χ1v) is 15.5. The average Bonchev–Trinajstić information content (AvgIpc) is 3.69. The lowest BCUT2D eigenvalue weighted by molar-refractivity contribution is -0.722. The van der Waals surface area contributed by atoms with E-state index in [0.717, 1.165) is 12.8 Å². The van der Waals surface area contributed by atoms with Crippen molar-refractivity contribution >= 4 is 11.0 Å². The third-order valence-corrected chi connectivity index (χ3v) is 14.6. The maximum absolute atomic E-state index is 6.98. The highest BCUT2D eigenvalue weighted by atomic mass is 16.5. The van der Waals surface area contributed by atoms with E-state index in [0.29, 0.717) is 37.1 Å². The summed E-state index contributed by atoms with van der Waals surface area (Å²) in [5.41, 5.74) is 5.45. The van der Waals surface area contributed by atoms with Gasteiger partial charge in [0.25, 0.3) is 0 Å². The van der Waals surface area contributed by atoms with Crippen molar-refractivity contribution in [3.63, 3.8) is 0 Å². The van der Waals surface area contributed by atoms with Gasteiger partial charge in [0.15, 0.2) is 11.0 Å². The van der Waals surface area contributed by atoms with Gasteiger partial charge in [-0.2, -0.15) is 0 Å². The molecule has 2 saturated heterocycles. The van der Waals surface area contributed by atoms with E-state index in [2.05, 4.69) is 94.4 Å². The Morgan fingerprint density at radius 2 is 1.36 bits per heavy atom. The van der Waals surface area contributed by atoms with Gasteiger partial charge in [-0.05, 0) is 59.8 Å². The fraction of sp³-hybridized carbons (Fsp3) is 0.686. The minimum Gasteiger partial charge on any atom is -0.365 e. The van der Waals surface area contributed by atoms with Crippen molar-refractivity contribution in [2.75, 3.05) is 13.2 Å². The van der Waals surface area contributed by atoms with Crippen molar-refractivity contribution in [2.24, 2.45) is 33.5 Å². The third kappa shape index (κ3) is 2.44. The van der Waals surface area contributed by atoms with Gasteiger partial charge in [0.2, 0.25) is 6.33 Å². The van der Waals surface area contributed by atoms with Crippen LogP contribution in [-0.2, 0) is 9.47 Å². The number of rotatable bonds is 2. The molecule has 8 atom stereocenters.